The van der Waals surface area contributed by atoms with E-state index in [-0.39, 0.29) is 6.29 Å². The number of benzene rings is 2. The number of aryl methyl sites for hydroxylation is 1. The fraction of sp³-hybridized carbons (Fsp3) is 0.318. The molecule has 0 bridgehead atoms. The topological polar surface area (TPSA) is 48.3 Å². The highest BCUT2D eigenvalue weighted by molar-refractivity contribution is 6.30. The van der Waals surface area contributed by atoms with E-state index in [9.17, 15) is 0 Å². The molecule has 0 radical (unpaired) electrons. The summed E-state index contributed by atoms with van der Waals surface area (Å²) in [4.78, 5) is 0. The predicted molar refractivity (Wildman–Crippen MR) is 110 cm³/mol. The van der Waals surface area contributed by atoms with Crippen molar-refractivity contribution in [3.63, 3.8) is 0 Å². The van der Waals surface area contributed by atoms with Crippen LogP contribution in [0.3, 0.4) is 0 Å². The molecule has 0 unspecified atom stereocenters. The van der Waals surface area contributed by atoms with Crippen molar-refractivity contribution in [2.45, 2.75) is 33.2 Å². The minimum Gasteiger partial charge on any atom is -0.346 e. The molecule has 1 N–H and O–H groups in total. The molecule has 3 aromatic rings. The molecule has 0 spiro atoms. The lowest BCUT2D eigenvalue weighted by molar-refractivity contribution is -0.0441. The first kappa shape index (κ1) is 19.2. The molecule has 0 saturated carbocycles. The van der Waals surface area contributed by atoms with Crippen molar-refractivity contribution < 1.29 is 9.47 Å². The average Bonchev–Trinajstić information content (AvgIpc) is 3.33. The predicted octanol–water partition coefficient (Wildman–Crippen LogP) is 4.48. The standard InChI is InChI=1S/C22H24ClN3O2/c1-15-21(16(2)26(25-15)20-9-7-19(23)8-10-20)14-24-13-17-3-5-18(6-4-17)22-27-11-12-28-22/h3-10,22,24H,11-14H2,1-2H3. The highest BCUT2D eigenvalue weighted by Gasteiger charge is 2.17. The summed E-state index contributed by atoms with van der Waals surface area (Å²) in [5, 5.41) is 8.95. The number of halogens is 1. The van der Waals surface area contributed by atoms with Gasteiger partial charge >= 0.3 is 0 Å². The van der Waals surface area contributed by atoms with Gasteiger partial charge in [0.1, 0.15) is 0 Å². The number of ether oxygens (including phenoxy) is 2. The minimum absolute atomic E-state index is 0.217. The van der Waals surface area contributed by atoms with Crippen LogP contribution in [0.15, 0.2) is 48.5 Å². The molecule has 0 amide bonds. The van der Waals surface area contributed by atoms with Crippen LogP contribution in [0.2, 0.25) is 5.02 Å². The highest BCUT2D eigenvalue weighted by atomic mass is 35.5. The quantitative estimate of drug-likeness (QED) is 0.666. The highest BCUT2D eigenvalue weighted by Crippen LogP contribution is 2.23. The van der Waals surface area contributed by atoms with E-state index < -0.39 is 0 Å². The molecule has 1 fully saturated rings. The molecular weight excluding hydrogens is 374 g/mol. The van der Waals surface area contributed by atoms with E-state index in [2.05, 4.69) is 36.5 Å². The van der Waals surface area contributed by atoms with Crippen LogP contribution in [0.4, 0.5) is 0 Å². The first-order valence-corrected chi connectivity index (χ1v) is 9.83. The maximum absolute atomic E-state index is 6.00. The van der Waals surface area contributed by atoms with E-state index in [1.165, 1.54) is 11.1 Å². The van der Waals surface area contributed by atoms with E-state index in [4.69, 9.17) is 26.2 Å². The Bertz CT molecular complexity index is 930. The Balaban J connectivity index is 1.39. The van der Waals surface area contributed by atoms with Gasteiger partial charge in [-0.1, -0.05) is 35.9 Å². The molecule has 2 heterocycles. The van der Waals surface area contributed by atoms with Crippen molar-refractivity contribution in [3.05, 3.63) is 81.6 Å². The summed E-state index contributed by atoms with van der Waals surface area (Å²) in [7, 11) is 0. The zero-order valence-electron chi connectivity index (χ0n) is 16.1. The maximum Gasteiger partial charge on any atom is 0.184 e. The molecule has 5 nitrogen and oxygen atoms in total. The number of hydrogen-bond donors (Lipinski definition) is 1. The minimum atomic E-state index is -0.217. The number of nitrogens with zero attached hydrogens (tertiary/aromatic N) is 2. The normalized spacial score (nSPS) is 14.7. The van der Waals surface area contributed by atoms with Gasteiger partial charge in [-0.3, -0.25) is 0 Å². The fourth-order valence-corrected chi connectivity index (χ4v) is 3.57. The fourth-order valence-electron chi connectivity index (χ4n) is 3.44. The van der Waals surface area contributed by atoms with Gasteiger partial charge < -0.3 is 14.8 Å². The molecular formula is C22H24ClN3O2. The van der Waals surface area contributed by atoms with Gasteiger partial charge in [-0.2, -0.15) is 5.10 Å². The van der Waals surface area contributed by atoms with Gasteiger partial charge in [0.05, 0.1) is 24.6 Å². The molecule has 6 heteroatoms. The van der Waals surface area contributed by atoms with Crippen LogP contribution in [-0.2, 0) is 22.6 Å². The molecule has 1 aliphatic rings. The molecule has 146 valence electrons. The van der Waals surface area contributed by atoms with Crippen LogP contribution < -0.4 is 5.32 Å². The van der Waals surface area contributed by atoms with Crippen molar-refractivity contribution >= 4 is 11.6 Å². The second kappa shape index (κ2) is 8.45. The van der Waals surface area contributed by atoms with Crippen LogP contribution >= 0.6 is 11.6 Å². The lowest BCUT2D eigenvalue weighted by atomic mass is 10.1. The van der Waals surface area contributed by atoms with E-state index in [1.54, 1.807) is 0 Å². The van der Waals surface area contributed by atoms with Crippen molar-refractivity contribution in [2.24, 2.45) is 0 Å². The molecule has 1 aromatic heterocycles. The molecule has 0 aliphatic carbocycles. The summed E-state index contributed by atoms with van der Waals surface area (Å²) >= 11 is 6.00. The third-order valence-electron chi connectivity index (χ3n) is 5.02. The van der Waals surface area contributed by atoms with Crippen LogP contribution in [-0.4, -0.2) is 23.0 Å². The second-order valence-electron chi connectivity index (χ2n) is 6.96. The van der Waals surface area contributed by atoms with Crippen molar-refractivity contribution in [2.75, 3.05) is 13.2 Å². The van der Waals surface area contributed by atoms with E-state index in [0.29, 0.717) is 13.2 Å². The van der Waals surface area contributed by atoms with Gasteiger partial charge in [0.15, 0.2) is 6.29 Å². The monoisotopic (exact) mass is 397 g/mol. The first-order chi connectivity index (χ1) is 13.6. The zero-order chi connectivity index (χ0) is 19.5. The summed E-state index contributed by atoms with van der Waals surface area (Å²) in [6, 6.07) is 16.1. The Morgan fingerprint density at radius 2 is 1.68 bits per heavy atom. The van der Waals surface area contributed by atoms with Crippen molar-refractivity contribution in [1.82, 2.24) is 15.1 Å². The van der Waals surface area contributed by atoms with E-state index in [0.717, 1.165) is 40.8 Å². The molecule has 2 aromatic carbocycles. The number of rotatable bonds is 6. The molecule has 28 heavy (non-hydrogen) atoms. The molecule has 1 aliphatic heterocycles. The van der Waals surface area contributed by atoms with Gasteiger partial charge in [0.2, 0.25) is 0 Å². The van der Waals surface area contributed by atoms with Crippen LogP contribution in [0.5, 0.6) is 0 Å². The molecule has 0 atom stereocenters. The third kappa shape index (κ3) is 4.13. The lowest BCUT2D eigenvalue weighted by Gasteiger charge is -2.11. The maximum atomic E-state index is 6.00. The summed E-state index contributed by atoms with van der Waals surface area (Å²) in [5.74, 6) is 0. The Kier molecular flexibility index (Phi) is 5.78. The van der Waals surface area contributed by atoms with Crippen molar-refractivity contribution in [1.29, 1.82) is 0 Å². The molecule has 4 rings (SSSR count). The SMILES string of the molecule is Cc1nn(-c2ccc(Cl)cc2)c(C)c1CNCc1ccc(C2OCCO2)cc1. The van der Waals surface area contributed by atoms with Gasteiger partial charge in [-0.05, 0) is 43.7 Å². The summed E-state index contributed by atoms with van der Waals surface area (Å²) in [5.41, 5.74) is 6.70. The number of nitrogens with one attached hydrogen (secondary N) is 1. The van der Waals surface area contributed by atoms with E-state index in [1.807, 2.05) is 35.9 Å². The van der Waals surface area contributed by atoms with E-state index >= 15 is 0 Å². The zero-order valence-corrected chi connectivity index (χ0v) is 16.9. The van der Waals surface area contributed by atoms with Gasteiger partial charge in [0, 0.05) is 34.9 Å². The first-order valence-electron chi connectivity index (χ1n) is 9.45. The molecule has 1 saturated heterocycles. The van der Waals surface area contributed by atoms with Crippen LogP contribution in [0.1, 0.15) is 34.4 Å². The number of aromatic nitrogens is 2. The van der Waals surface area contributed by atoms with Crippen LogP contribution in [0, 0.1) is 13.8 Å². The summed E-state index contributed by atoms with van der Waals surface area (Å²) in [6.07, 6.45) is -0.217. The van der Waals surface area contributed by atoms with Crippen LogP contribution in [0.25, 0.3) is 5.69 Å². The lowest BCUT2D eigenvalue weighted by Crippen LogP contribution is -2.14. The summed E-state index contributed by atoms with van der Waals surface area (Å²) < 4.78 is 13.0. The Labute approximate surface area is 170 Å². The second-order valence-corrected chi connectivity index (χ2v) is 7.39. The third-order valence-corrected chi connectivity index (χ3v) is 5.27. The Hall–Kier alpha value is -2.18. The van der Waals surface area contributed by atoms with Gasteiger partial charge in [0.25, 0.3) is 0 Å². The smallest absolute Gasteiger partial charge is 0.184 e. The summed E-state index contributed by atoms with van der Waals surface area (Å²) in [6.45, 7) is 7.03. The number of hydrogen-bond acceptors (Lipinski definition) is 4. The Morgan fingerprint density at radius 3 is 2.36 bits per heavy atom. The van der Waals surface area contributed by atoms with Gasteiger partial charge in [-0.15, -0.1) is 0 Å². The van der Waals surface area contributed by atoms with Gasteiger partial charge in [-0.25, -0.2) is 4.68 Å². The Morgan fingerprint density at radius 1 is 1.00 bits per heavy atom. The van der Waals surface area contributed by atoms with Crippen molar-refractivity contribution in [3.8, 4) is 5.69 Å². The largest absolute Gasteiger partial charge is 0.346 e. The average molecular weight is 398 g/mol.